The van der Waals surface area contributed by atoms with Gasteiger partial charge in [0.15, 0.2) is 0 Å². The Balaban J connectivity index is 2.70. The van der Waals surface area contributed by atoms with Crippen LogP contribution in [-0.2, 0) is 16.0 Å². The molecule has 0 aliphatic rings. The highest BCUT2D eigenvalue weighted by molar-refractivity contribution is 5.75. The van der Waals surface area contributed by atoms with Crippen LogP contribution in [0.1, 0.15) is 27.9 Å². The first-order valence-corrected chi connectivity index (χ1v) is 4.79. The molecule has 1 rings (SSSR count). The Hall–Kier alpha value is -1.64. The summed E-state index contributed by atoms with van der Waals surface area (Å²) in [6.07, 6.45) is 1.84. The van der Waals surface area contributed by atoms with Crippen molar-refractivity contribution in [3.05, 3.63) is 34.9 Å². The second-order valence-electron chi connectivity index (χ2n) is 3.38. The summed E-state index contributed by atoms with van der Waals surface area (Å²) in [4.78, 5) is 21.4. The van der Waals surface area contributed by atoms with E-state index < -0.39 is 0 Å². The number of ether oxygens (including phenoxy) is 1. The first-order valence-electron chi connectivity index (χ1n) is 4.79. The molecule has 0 N–H and O–H groups in total. The number of carbonyl (C=O) groups is 2. The quantitative estimate of drug-likeness (QED) is 0.558. The van der Waals surface area contributed by atoms with Crippen molar-refractivity contribution < 1.29 is 14.3 Å². The van der Waals surface area contributed by atoms with Gasteiger partial charge in [0.05, 0.1) is 7.11 Å². The Labute approximate surface area is 89.1 Å². The van der Waals surface area contributed by atoms with Gasteiger partial charge >= 0.3 is 5.97 Å². The summed E-state index contributed by atoms with van der Waals surface area (Å²) >= 11 is 0. The van der Waals surface area contributed by atoms with E-state index in [0.29, 0.717) is 18.4 Å². The Morgan fingerprint density at radius 2 is 2.20 bits per heavy atom. The van der Waals surface area contributed by atoms with Crippen molar-refractivity contribution in [2.24, 2.45) is 0 Å². The van der Waals surface area contributed by atoms with Gasteiger partial charge in [0, 0.05) is 12.0 Å². The smallest absolute Gasteiger partial charge is 0.305 e. The van der Waals surface area contributed by atoms with E-state index in [9.17, 15) is 9.59 Å². The van der Waals surface area contributed by atoms with Crippen molar-refractivity contribution in [1.82, 2.24) is 0 Å². The van der Waals surface area contributed by atoms with Gasteiger partial charge in [0.1, 0.15) is 6.29 Å². The van der Waals surface area contributed by atoms with Gasteiger partial charge < -0.3 is 4.74 Å². The predicted molar refractivity (Wildman–Crippen MR) is 56.9 cm³/mol. The molecule has 1 aromatic carbocycles. The SMILES string of the molecule is COC(=O)CCc1ccc(C=O)cc1C. The number of hydrogen-bond donors (Lipinski definition) is 0. The minimum absolute atomic E-state index is 0.214. The van der Waals surface area contributed by atoms with Gasteiger partial charge in [0.2, 0.25) is 0 Å². The van der Waals surface area contributed by atoms with Crippen LogP contribution < -0.4 is 0 Å². The lowest BCUT2D eigenvalue weighted by Crippen LogP contribution is -2.03. The zero-order valence-electron chi connectivity index (χ0n) is 8.95. The van der Waals surface area contributed by atoms with Crippen molar-refractivity contribution in [3.8, 4) is 0 Å². The van der Waals surface area contributed by atoms with Crippen LogP contribution in [0.25, 0.3) is 0 Å². The normalized spacial score (nSPS) is 9.73. The van der Waals surface area contributed by atoms with E-state index in [2.05, 4.69) is 4.74 Å². The van der Waals surface area contributed by atoms with Crippen molar-refractivity contribution in [2.75, 3.05) is 7.11 Å². The fourth-order valence-electron chi connectivity index (χ4n) is 1.41. The van der Waals surface area contributed by atoms with Crippen molar-refractivity contribution in [1.29, 1.82) is 0 Å². The van der Waals surface area contributed by atoms with Gasteiger partial charge in [-0.25, -0.2) is 0 Å². The van der Waals surface area contributed by atoms with Crippen LogP contribution in [0.15, 0.2) is 18.2 Å². The number of aldehydes is 1. The molecule has 0 spiro atoms. The molecule has 0 aliphatic carbocycles. The van der Waals surface area contributed by atoms with Gasteiger partial charge in [-0.2, -0.15) is 0 Å². The van der Waals surface area contributed by atoms with E-state index >= 15 is 0 Å². The van der Waals surface area contributed by atoms with Crippen molar-refractivity contribution in [3.63, 3.8) is 0 Å². The molecule has 0 amide bonds. The Morgan fingerprint density at radius 1 is 1.47 bits per heavy atom. The summed E-state index contributed by atoms with van der Waals surface area (Å²) in [6.45, 7) is 1.93. The fraction of sp³-hybridized carbons (Fsp3) is 0.333. The van der Waals surface area contributed by atoms with Crippen LogP contribution in [0.5, 0.6) is 0 Å². The lowest BCUT2D eigenvalue weighted by molar-refractivity contribution is -0.140. The summed E-state index contributed by atoms with van der Waals surface area (Å²) in [5, 5.41) is 0. The van der Waals surface area contributed by atoms with Crippen LogP contribution in [0.4, 0.5) is 0 Å². The van der Waals surface area contributed by atoms with Crippen molar-refractivity contribution >= 4 is 12.3 Å². The van der Waals surface area contributed by atoms with Crippen LogP contribution in [0.3, 0.4) is 0 Å². The van der Waals surface area contributed by atoms with E-state index in [1.165, 1.54) is 7.11 Å². The number of carbonyl (C=O) groups excluding carboxylic acids is 2. The standard InChI is InChI=1S/C12H14O3/c1-9-7-10(8-13)3-4-11(9)5-6-12(14)15-2/h3-4,7-8H,5-6H2,1-2H3. The molecular weight excluding hydrogens is 192 g/mol. The molecule has 0 unspecified atom stereocenters. The highest BCUT2D eigenvalue weighted by Crippen LogP contribution is 2.12. The summed E-state index contributed by atoms with van der Waals surface area (Å²) in [5.74, 6) is -0.214. The van der Waals surface area contributed by atoms with E-state index in [4.69, 9.17) is 0 Å². The molecule has 0 atom stereocenters. The molecule has 3 nitrogen and oxygen atoms in total. The van der Waals surface area contributed by atoms with Crippen LogP contribution in [0, 0.1) is 6.92 Å². The number of hydrogen-bond acceptors (Lipinski definition) is 3. The van der Waals surface area contributed by atoms with Crippen LogP contribution in [-0.4, -0.2) is 19.4 Å². The lowest BCUT2D eigenvalue weighted by atomic mass is 10.0. The zero-order valence-corrected chi connectivity index (χ0v) is 8.95. The molecule has 0 heterocycles. The molecule has 0 aromatic heterocycles. The number of aryl methyl sites for hydroxylation is 2. The summed E-state index contributed by atoms with van der Waals surface area (Å²) in [7, 11) is 1.38. The highest BCUT2D eigenvalue weighted by Gasteiger charge is 2.04. The summed E-state index contributed by atoms with van der Waals surface area (Å²) < 4.78 is 4.56. The molecule has 0 radical (unpaired) electrons. The number of benzene rings is 1. The van der Waals surface area contributed by atoms with E-state index in [1.807, 2.05) is 19.1 Å². The average molecular weight is 206 g/mol. The molecular formula is C12H14O3. The Kier molecular flexibility index (Phi) is 4.03. The highest BCUT2D eigenvalue weighted by atomic mass is 16.5. The topological polar surface area (TPSA) is 43.4 Å². The van der Waals surface area contributed by atoms with Gasteiger partial charge in [-0.15, -0.1) is 0 Å². The number of rotatable bonds is 4. The van der Waals surface area contributed by atoms with Gasteiger partial charge in [-0.3, -0.25) is 9.59 Å². The first-order chi connectivity index (χ1) is 7.17. The van der Waals surface area contributed by atoms with Gasteiger partial charge in [0.25, 0.3) is 0 Å². The maximum atomic E-state index is 10.9. The Morgan fingerprint density at radius 3 is 2.73 bits per heavy atom. The molecule has 0 fully saturated rings. The third-order valence-corrected chi connectivity index (χ3v) is 2.33. The molecule has 1 aromatic rings. The minimum Gasteiger partial charge on any atom is -0.469 e. The van der Waals surface area contributed by atoms with Gasteiger partial charge in [-0.05, 0) is 30.5 Å². The largest absolute Gasteiger partial charge is 0.469 e. The van der Waals surface area contributed by atoms with E-state index in [0.717, 1.165) is 17.4 Å². The van der Waals surface area contributed by atoms with Gasteiger partial charge in [-0.1, -0.05) is 12.1 Å². The van der Waals surface area contributed by atoms with E-state index in [1.54, 1.807) is 6.07 Å². The molecule has 0 bridgehead atoms. The monoisotopic (exact) mass is 206 g/mol. The molecule has 3 heteroatoms. The van der Waals surface area contributed by atoms with Crippen molar-refractivity contribution in [2.45, 2.75) is 19.8 Å². The van der Waals surface area contributed by atoms with Crippen LogP contribution in [0.2, 0.25) is 0 Å². The number of methoxy groups -OCH3 is 1. The fourth-order valence-corrected chi connectivity index (χ4v) is 1.41. The second-order valence-corrected chi connectivity index (χ2v) is 3.38. The average Bonchev–Trinajstić information content (AvgIpc) is 2.26. The maximum absolute atomic E-state index is 10.9. The zero-order chi connectivity index (χ0) is 11.3. The molecule has 0 aliphatic heterocycles. The maximum Gasteiger partial charge on any atom is 0.305 e. The predicted octanol–water partition coefficient (Wildman–Crippen LogP) is 1.91. The lowest BCUT2D eigenvalue weighted by Gasteiger charge is -2.05. The van der Waals surface area contributed by atoms with Crippen LogP contribution >= 0.6 is 0 Å². The molecule has 0 saturated carbocycles. The molecule has 15 heavy (non-hydrogen) atoms. The minimum atomic E-state index is -0.214. The third kappa shape index (κ3) is 3.20. The van der Waals surface area contributed by atoms with E-state index in [-0.39, 0.29) is 5.97 Å². The first kappa shape index (κ1) is 11.4. The third-order valence-electron chi connectivity index (χ3n) is 2.33. The Bertz CT molecular complexity index is 369. The second kappa shape index (κ2) is 5.29. The summed E-state index contributed by atoms with van der Waals surface area (Å²) in [6, 6.07) is 5.45. The number of esters is 1. The molecule has 0 saturated heterocycles. The summed E-state index contributed by atoms with van der Waals surface area (Å²) in [5.41, 5.74) is 2.77. The molecule has 80 valence electrons.